The van der Waals surface area contributed by atoms with Gasteiger partial charge in [0.05, 0.1) is 17.1 Å². The third-order valence-corrected chi connectivity index (χ3v) is 2.49. The summed E-state index contributed by atoms with van der Waals surface area (Å²) in [5, 5.41) is 2.92. The number of nitrogens with two attached hydrogens (primary N) is 1. The van der Waals surface area contributed by atoms with Gasteiger partial charge in [-0.25, -0.2) is 4.98 Å². The number of halogens is 2. The van der Waals surface area contributed by atoms with Gasteiger partial charge in [-0.05, 0) is 31.2 Å². The van der Waals surface area contributed by atoms with Crippen molar-refractivity contribution in [3.8, 4) is 5.75 Å². The van der Waals surface area contributed by atoms with Gasteiger partial charge in [-0.15, -0.1) is 0 Å². The van der Waals surface area contributed by atoms with Crippen LogP contribution in [-0.4, -0.2) is 11.6 Å². The minimum absolute atomic E-state index is 0.0637. The van der Waals surface area contributed by atoms with Gasteiger partial charge in [-0.3, -0.25) is 0 Å². The second-order valence-electron chi connectivity index (χ2n) is 3.87. The van der Waals surface area contributed by atoms with Crippen molar-refractivity contribution in [2.75, 3.05) is 11.1 Å². The molecule has 100 valence electrons. The number of nitrogens with zero attached hydrogens (tertiary/aromatic N) is 1. The molecule has 1 aromatic carbocycles. The Morgan fingerprint density at radius 2 is 1.95 bits per heavy atom. The van der Waals surface area contributed by atoms with E-state index in [1.165, 1.54) is 6.07 Å². The van der Waals surface area contributed by atoms with Gasteiger partial charge >= 0.3 is 6.61 Å². The number of alkyl halides is 2. The Morgan fingerprint density at radius 1 is 1.21 bits per heavy atom. The summed E-state index contributed by atoms with van der Waals surface area (Å²) in [6, 6.07) is 9.78. The van der Waals surface area contributed by atoms with Gasteiger partial charge in [0.25, 0.3) is 0 Å². The van der Waals surface area contributed by atoms with Crippen molar-refractivity contribution in [3.63, 3.8) is 0 Å². The molecule has 2 rings (SSSR count). The predicted octanol–water partition coefficient (Wildman–Crippen LogP) is 3.32. The van der Waals surface area contributed by atoms with Crippen LogP contribution in [0.2, 0.25) is 0 Å². The van der Waals surface area contributed by atoms with E-state index in [0.29, 0.717) is 22.9 Å². The van der Waals surface area contributed by atoms with Crippen LogP contribution in [0.3, 0.4) is 0 Å². The first-order valence-corrected chi connectivity index (χ1v) is 5.60. The zero-order valence-electron chi connectivity index (χ0n) is 10.2. The quantitative estimate of drug-likeness (QED) is 0.890. The number of ether oxygens (including phenoxy) is 1. The SMILES string of the molecule is Cc1nc(Nc2ccccc2OC(F)F)ccc1N. The monoisotopic (exact) mass is 265 g/mol. The maximum Gasteiger partial charge on any atom is 0.387 e. The smallest absolute Gasteiger partial charge is 0.387 e. The molecule has 4 nitrogen and oxygen atoms in total. The topological polar surface area (TPSA) is 60.2 Å². The first-order valence-electron chi connectivity index (χ1n) is 5.60. The van der Waals surface area contributed by atoms with Gasteiger partial charge in [0, 0.05) is 0 Å². The number of aromatic nitrogens is 1. The van der Waals surface area contributed by atoms with Gasteiger partial charge in [0.15, 0.2) is 0 Å². The fourth-order valence-electron chi connectivity index (χ4n) is 1.55. The molecule has 2 aromatic rings. The second-order valence-corrected chi connectivity index (χ2v) is 3.87. The highest BCUT2D eigenvalue weighted by Crippen LogP contribution is 2.28. The second kappa shape index (κ2) is 5.51. The lowest BCUT2D eigenvalue weighted by Crippen LogP contribution is -2.05. The van der Waals surface area contributed by atoms with Gasteiger partial charge < -0.3 is 15.8 Å². The number of pyridine rings is 1. The third-order valence-electron chi connectivity index (χ3n) is 2.49. The summed E-state index contributed by atoms with van der Waals surface area (Å²) < 4.78 is 29.0. The maximum absolute atomic E-state index is 12.3. The molecule has 1 aromatic heterocycles. The van der Waals surface area contributed by atoms with Crippen LogP contribution in [0, 0.1) is 6.92 Å². The lowest BCUT2D eigenvalue weighted by molar-refractivity contribution is -0.0493. The van der Waals surface area contributed by atoms with Crippen molar-refractivity contribution in [3.05, 3.63) is 42.1 Å². The van der Waals surface area contributed by atoms with Crippen LogP contribution in [0.5, 0.6) is 5.75 Å². The Morgan fingerprint density at radius 3 is 2.63 bits per heavy atom. The van der Waals surface area contributed by atoms with E-state index in [4.69, 9.17) is 5.73 Å². The molecular weight excluding hydrogens is 252 g/mol. The summed E-state index contributed by atoms with van der Waals surface area (Å²) in [5.74, 6) is 0.575. The highest BCUT2D eigenvalue weighted by molar-refractivity contribution is 5.65. The molecule has 0 radical (unpaired) electrons. The minimum Gasteiger partial charge on any atom is -0.433 e. The van der Waals surface area contributed by atoms with E-state index < -0.39 is 6.61 Å². The molecule has 0 saturated carbocycles. The van der Waals surface area contributed by atoms with Crippen molar-refractivity contribution < 1.29 is 13.5 Å². The number of hydrogen-bond donors (Lipinski definition) is 2. The summed E-state index contributed by atoms with van der Waals surface area (Å²) in [5.41, 5.74) is 7.32. The van der Waals surface area contributed by atoms with E-state index in [2.05, 4.69) is 15.0 Å². The lowest BCUT2D eigenvalue weighted by Gasteiger charge is -2.12. The van der Waals surface area contributed by atoms with E-state index in [0.717, 1.165) is 0 Å². The van der Waals surface area contributed by atoms with Crippen molar-refractivity contribution in [1.82, 2.24) is 4.98 Å². The number of nitrogens with one attached hydrogen (secondary N) is 1. The van der Waals surface area contributed by atoms with E-state index in [1.807, 2.05) is 0 Å². The van der Waals surface area contributed by atoms with Crippen LogP contribution in [-0.2, 0) is 0 Å². The average molecular weight is 265 g/mol. The summed E-state index contributed by atoms with van der Waals surface area (Å²) in [7, 11) is 0. The van der Waals surface area contributed by atoms with Crippen LogP contribution in [0.1, 0.15) is 5.69 Å². The number of benzene rings is 1. The fraction of sp³-hybridized carbons (Fsp3) is 0.154. The van der Waals surface area contributed by atoms with E-state index in [-0.39, 0.29) is 5.75 Å². The molecule has 1 heterocycles. The molecule has 0 aliphatic heterocycles. The van der Waals surface area contributed by atoms with Gasteiger partial charge in [-0.2, -0.15) is 8.78 Å². The molecule has 0 aliphatic carbocycles. The Bertz CT molecular complexity index is 576. The summed E-state index contributed by atoms with van der Waals surface area (Å²) in [6.07, 6.45) is 0. The van der Waals surface area contributed by atoms with Crippen molar-refractivity contribution in [2.24, 2.45) is 0 Å². The maximum atomic E-state index is 12.3. The van der Waals surface area contributed by atoms with E-state index >= 15 is 0 Å². The molecule has 0 spiro atoms. The largest absolute Gasteiger partial charge is 0.433 e. The highest BCUT2D eigenvalue weighted by Gasteiger charge is 2.09. The highest BCUT2D eigenvalue weighted by atomic mass is 19.3. The fourth-order valence-corrected chi connectivity index (χ4v) is 1.55. The summed E-state index contributed by atoms with van der Waals surface area (Å²) in [6.45, 7) is -1.11. The van der Waals surface area contributed by atoms with Crippen LogP contribution in [0.4, 0.5) is 26.0 Å². The minimum atomic E-state index is -2.87. The third kappa shape index (κ3) is 3.31. The Kier molecular flexibility index (Phi) is 3.79. The van der Waals surface area contributed by atoms with Crippen molar-refractivity contribution in [2.45, 2.75) is 13.5 Å². The molecular formula is C13H13F2N3O. The molecule has 6 heteroatoms. The van der Waals surface area contributed by atoms with Gasteiger partial charge in [0.1, 0.15) is 11.6 Å². The molecule has 3 N–H and O–H groups in total. The molecule has 0 amide bonds. The van der Waals surface area contributed by atoms with E-state index in [9.17, 15) is 8.78 Å². The molecule has 0 bridgehead atoms. The van der Waals surface area contributed by atoms with Crippen LogP contribution < -0.4 is 15.8 Å². The van der Waals surface area contributed by atoms with Crippen molar-refractivity contribution >= 4 is 17.2 Å². The van der Waals surface area contributed by atoms with E-state index in [1.54, 1.807) is 37.3 Å². The lowest BCUT2D eigenvalue weighted by atomic mass is 10.2. The summed E-state index contributed by atoms with van der Waals surface area (Å²) in [4.78, 5) is 4.21. The Balaban J connectivity index is 2.25. The predicted molar refractivity (Wildman–Crippen MR) is 69.7 cm³/mol. The standard InChI is InChI=1S/C13H13F2N3O/c1-8-9(16)6-7-12(17-8)18-10-4-2-3-5-11(10)19-13(14)15/h2-7,13H,16H2,1H3,(H,17,18). The molecule has 0 aliphatic rings. The zero-order chi connectivity index (χ0) is 13.8. The first kappa shape index (κ1) is 13.1. The molecule has 0 atom stereocenters. The average Bonchev–Trinajstić information content (AvgIpc) is 2.36. The Labute approximate surface area is 109 Å². The number of nitrogen functional groups attached to an aromatic ring is 1. The van der Waals surface area contributed by atoms with Gasteiger partial charge in [-0.1, -0.05) is 12.1 Å². The summed E-state index contributed by atoms with van der Waals surface area (Å²) >= 11 is 0. The normalized spacial score (nSPS) is 10.5. The Hall–Kier alpha value is -2.37. The molecule has 0 saturated heterocycles. The number of rotatable bonds is 4. The number of aryl methyl sites for hydroxylation is 1. The molecule has 19 heavy (non-hydrogen) atoms. The van der Waals surface area contributed by atoms with Crippen LogP contribution in [0.25, 0.3) is 0 Å². The molecule has 0 unspecified atom stereocenters. The van der Waals surface area contributed by atoms with Crippen molar-refractivity contribution in [1.29, 1.82) is 0 Å². The van der Waals surface area contributed by atoms with Gasteiger partial charge in [0.2, 0.25) is 0 Å². The number of hydrogen-bond acceptors (Lipinski definition) is 4. The van der Waals surface area contributed by atoms with Crippen LogP contribution in [0.15, 0.2) is 36.4 Å². The molecule has 0 fully saturated rings. The first-order chi connectivity index (χ1) is 9.06. The number of para-hydroxylation sites is 2. The van der Waals surface area contributed by atoms with Crippen LogP contribution >= 0.6 is 0 Å². The zero-order valence-corrected chi connectivity index (χ0v) is 10.2. The number of anilines is 3.